The minimum Gasteiger partial charge on any atom is -0.476 e. The average molecular weight is 333 g/mol. The van der Waals surface area contributed by atoms with Gasteiger partial charge in [-0.15, -0.1) is 0 Å². The summed E-state index contributed by atoms with van der Waals surface area (Å²) in [6.45, 7) is 5.43. The van der Waals surface area contributed by atoms with Gasteiger partial charge < -0.3 is 19.9 Å². The van der Waals surface area contributed by atoms with E-state index < -0.39 is 5.60 Å². The molecule has 2 rings (SSSR count). The van der Waals surface area contributed by atoms with Crippen molar-refractivity contribution in [2.24, 2.45) is 0 Å². The van der Waals surface area contributed by atoms with E-state index >= 15 is 0 Å². The summed E-state index contributed by atoms with van der Waals surface area (Å²) in [7, 11) is 4.01. The highest BCUT2D eigenvalue weighted by atomic mass is 16.5. The Labute approximate surface area is 143 Å². The van der Waals surface area contributed by atoms with Gasteiger partial charge in [-0.25, -0.2) is 0 Å². The smallest absolute Gasteiger partial charge is 0.270 e. The van der Waals surface area contributed by atoms with Gasteiger partial charge in [-0.1, -0.05) is 12.1 Å². The molecule has 24 heavy (non-hydrogen) atoms. The highest BCUT2D eigenvalue weighted by Crippen LogP contribution is 2.37. The van der Waals surface area contributed by atoms with Crippen LogP contribution in [0, 0.1) is 0 Å². The molecule has 0 aliphatic carbocycles. The number of fused-ring (bicyclic) bond motifs is 1. The van der Waals surface area contributed by atoms with E-state index in [1.165, 1.54) is 0 Å². The van der Waals surface area contributed by atoms with E-state index in [0.717, 1.165) is 18.7 Å². The van der Waals surface area contributed by atoms with Gasteiger partial charge in [-0.2, -0.15) is 0 Å². The first kappa shape index (κ1) is 18.3. The van der Waals surface area contributed by atoms with Gasteiger partial charge in [0.1, 0.15) is 5.75 Å². The lowest BCUT2D eigenvalue weighted by Crippen LogP contribution is -2.53. The zero-order chi connectivity index (χ0) is 17.7. The zero-order valence-electron chi connectivity index (χ0n) is 15.0. The van der Waals surface area contributed by atoms with Crippen molar-refractivity contribution in [3.05, 3.63) is 24.3 Å². The fraction of sp³-hybridized carbons (Fsp3) is 0.556. The Bertz CT molecular complexity index is 599. The topological polar surface area (TPSA) is 61.9 Å². The van der Waals surface area contributed by atoms with Crippen LogP contribution in [0.4, 0.5) is 5.69 Å². The molecule has 0 atom stereocenters. The number of anilines is 1. The molecule has 0 aromatic heterocycles. The third-order valence-corrected chi connectivity index (χ3v) is 3.95. The van der Waals surface area contributed by atoms with Crippen LogP contribution in [0.25, 0.3) is 0 Å². The summed E-state index contributed by atoms with van der Waals surface area (Å²) >= 11 is 0. The summed E-state index contributed by atoms with van der Waals surface area (Å²) in [6.07, 6.45) is 1.18. The number of nitrogens with one attached hydrogen (secondary N) is 1. The molecule has 0 saturated carbocycles. The number of carbonyl (C=O) groups is 2. The van der Waals surface area contributed by atoms with E-state index in [4.69, 9.17) is 4.74 Å². The molecule has 6 nitrogen and oxygen atoms in total. The second kappa shape index (κ2) is 7.66. The Morgan fingerprint density at radius 1 is 1.29 bits per heavy atom. The molecule has 0 saturated heterocycles. The Morgan fingerprint density at radius 3 is 2.71 bits per heavy atom. The van der Waals surface area contributed by atoms with E-state index in [0.29, 0.717) is 18.8 Å². The number of carbonyl (C=O) groups excluding carboxylic acids is 2. The van der Waals surface area contributed by atoms with Gasteiger partial charge in [0, 0.05) is 19.5 Å². The van der Waals surface area contributed by atoms with Crippen molar-refractivity contribution >= 4 is 17.5 Å². The van der Waals surface area contributed by atoms with Crippen molar-refractivity contribution < 1.29 is 14.3 Å². The van der Waals surface area contributed by atoms with Crippen LogP contribution in [-0.2, 0) is 9.59 Å². The largest absolute Gasteiger partial charge is 0.476 e. The first-order chi connectivity index (χ1) is 11.3. The highest BCUT2D eigenvalue weighted by Gasteiger charge is 2.40. The van der Waals surface area contributed by atoms with Crippen LogP contribution in [0.15, 0.2) is 24.3 Å². The predicted octanol–water partition coefficient (Wildman–Crippen LogP) is 1.65. The van der Waals surface area contributed by atoms with Crippen molar-refractivity contribution in [3.63, 3.8) is 0 Å². The third-order valence-electron chi connectivity index (χ3n) is 3.95. The highest BCUT2D eigenvalue weighted by molar-refractivity contribution is 6.02. The third kappa shape index (κ3) is 4.47. The first-order valence-corrected chi connectivity index (χ1v) is 8.33. The molecule has 1 aliphatic rings. The lowest BCUT2D eigenvalue weighted by Gasteiger charge is -2.38. The molecule has 2 amide bonds. The fourth-order valence-corrected chi connectivity index (χ4v) is 2.67. The van der Waals surface area contributed by atoms with Crippen molar-refractivity contribution in [2.75, 3.05) is 38.6 Å². The molecule has 1 aromatic rings. The molecule has 1 aliphatic heterocycles. The molecule has 0 radical (unpaired) electrons. The minimum atomic E-state index is -0.920. The molecule has 0 spiro atoms. The fourth-order valence-electron chi connectivity index (χ4n) is 2.67. The maximum Gasteiger partial charge on any atom is 0.270 e. The van der Waals surface area contributed by atoms with Crippen LogP contribution in [0.1, 0.15) is 26.7 Å². The Hall–Kier alpha value is -2.08. The normalized spacial score (nSPS) is 15.9. The van der Waals surface area contributed by atoms with Gasteiger partial charge in [-0.3, -0.25) is 9.59 Å². The number of ether oxygens (including phenoxy) is 1. The van der Waals surface area contributed by atoms with Gasteiger partial charge in [-0.05, 0) is 53.0 Å². The van der Waals surface area contributed by atoms with Crippen LogP contribution in [0.5, 0.6) is 5.75 Å². The van der Waals surface area contributed by atoms with Gasteiger partial charge in [0.15, 0.2) is 5.60 Å². The van der Waals surface area contributed by atoms with Crippen molar-refractivity contribution in [2.45, 2.75) is 32.3 Å². The van der Waals surface area contributed by atoms with Gasteiger partial charge in [0.05, 0.1) is 5.69 Å². The Balaban J connectivity index is 1.93. The first-order valence-electron chi connectivity index (χ1n) is 8.33. The van der Waals surface area contributed by atoms with Crippen molar-refractivity contribution in [3.8, 4) is 5.75 Å². The minimum absolute atomic E-state index is 0.0386. The SMILES string of the molecule is CN(C)CCCNC(=O)CCN1C(=O)C(C)(C)Oc2ccccc21. The van der Waals surface area contributed by atoms with Crippen LogP contribution < -0.4 is 15.0 Å². The van der Waals surface area contributed by atoms with E-state index in [-0.39, 0.29) is 18.2 Å². The molecule has 1 N–H and O–H groups in total. The molecule has 132 valence electrons. The molecular formula is C18H27N3O3. The number of benzene rings is 1. The molecule has 0 bridgehead atoms. The van der Waals surface area contributed by atoms with Crippen molar-refractivity contribution in [1.82, 2.24) is 10.2 Å². The molecule has 0 unspecified atom stereocenters. The van der Waals surface area contributed by atoms with E-state index in [1.54, 1.807) is 18.7 Å². The second-order valence-electron chi connectivity index (χ2n) is 6.79. The van der Waals surface area contributed by atoms with Crippen LogP contribution >= 0.6 is 0 Å². The summed E-state index contributed by atoms with van der Waals surface area (Å²) in [5.74, 6) is 0.512. The van der Waals surface area contributed by atoms with Gasteiger partial charge in [0.25, 0.3) is 5.91 Å². The van der Waals surface area contributed by atoms with Crippen LogP contribution in [0.2, 0.25) is 0 Å². The predicted molar refractivity (Wildman–Crippen MR) is 94.3 cm³/mol. The van der Waals surface area contributed by atoms with E-state index in [1.807, 2.05) is 38.4 Å². The molecule has 1 heterocycles. The summed E-state index contributed by atoms with van der Waals surface area (Å²) in [5, 5.41) is 2.90. The second-order valence-corrected chi connectivity index (χ2v) is 6.79. The number of hydrogen-bond donors (Lipinski definition) is 1. The lowest BCUT2D eigenvalue weighted by molar-refractivity contribution is -0.132. The summed E-state index contributed by atoms with van der Waals surface area (Å²) in [5.41, 5.74) is -0.196. The number of hydrogen-bond acceptors (Lipinski definition) is 4. The summed E-state index contributed by atoms with van der Waals surface area (Å²) < 4.78 is 5.77. The van der Waals surface area contributed by atoms with Crippen LogP contribution in [0.3, 0.4) is 0 Å². The van der Waals surface area contributed by atoms with Crippen molar-refractivity contribution in [1.29, 1.82) is 0 Å². The maximum absolute atomic E-state index is 12.6. The number of nitrogens with zero attached hydrogens (tertiary/aromatic N) is 2. The Kier molecular flexibility index (Phi) is 5.83. The number of amides is 2. The summed E-state index contributed by atoms with van der Waals surface area (Å²) in [6, 6.07) is 7.43. The average Bonchev–Trinajstić information content (AvgIpc) is 2.51. The zero-order valence-corrected chi connectivity index (χ0v) is 15.0. The lowest BCUT2D eigenvalue weighted by atomic mass is 10.0. The molecular weight excluding hydrogens is 306 g/mol. The molecule has 6 heteroatoms. The maximum atomic E-state index is 12.6. The number of rotatable bonds is 7. The quantitative estimate of drug-likeness (QED) is 0.771. The monoisotopic (exact) mass is 333 g/mol. The van der Waals surface area contributed by atoms with Gasteiger partial charge in [0.2, 0.25) is 5.91 Å². The van der Waals surface area contributed by atoms with E-state index in [2.05, 4.69) is 10.2 Å². The number of para-hydroxylation sites is 2. The summed E-state index contributed by atoms with van der Waals surface area (Å²) in [4.78, 5) is 28.4. The van der Waals surface area contributed by atoms with Gasteiger partial charge >= 0.3 is 0 Å². The van der Waals surface area contributed by atoms with Crippen LogP contribution in [-0.4, -0.2) is 56.0 Å². The van der Waals surface area contributed by atoms with E-state index in [9.17, 15) is 9.59 Å². The standard InChI is InChI=1S/C18H27N3O3/c1-18(2)17(23)21(14-8-5-6-9-15(14)24-18)13-10-16(22)19-11-7-12-20(3)4/h5-6,8-9H,7,10-13H2,1-4H3,(H,19,22). The molecule has 0 fully saturated rings. The molecule has 1 aromatic carbocycles. The Morgan fingerprint density at radius 2 is 2.00 bits per heavy atom.